The van der Waals surface area contributed by atoms with Crippen molar-refractivity contribution in [3.8, 4) is 5.75 Å². The van der Waals surface area contributed by atoms with Crippen molar-refractivity contribution in [2.75, 3.05) is 0 Å². The Labute approximate surface area is 110 Å². The Morgan fingerprint density at radius 2 is 2.21 bits per heavy atom. The highest BCUT2D eigenvalue weighted by molar-refractivity contribution is 6.02. The Balaban J connectivity index is 2.43. The lowest BCUT2D eigenvalue weighted by Gasteiger charge is -2.33. The average molecular weight is 264 g/mol. The summed E-state index contributed by atoms with van der Waals surface area (Å²) in [5.74, 6) is -1.49. The first-order valence-corrected chi connectivity index (χ1v) is 6.07. The molecule has 1 aromatic carbocycles. The van der Waals surface area contributed by atoms with Crippen molar-refractivity contribution in [3.63, 3.8) is 0 Å². The number of aliphatic hydroxyl groups is 1. The number of fused-ring (bicyclic) bond motifs is 1. The van der Waals surface area contributed by atoms with Crippen molar-refractivity contribution in [2.24, 2.45) is 5.73 Å². The Hall–Kier alpha value is -2.08. The van der Waals surface area contributed by atoms with Crippen LogP contribution in [0.1, 0.15) is 35.7 Å². The number of aromatic hydroxyl groups is 1. The summed E-state index contributed by atoms with van der Waals surface area (Å²) in [7, 11) is 0. The highest BCUT2D eigenvalue weighted by atomic mass is 16.3. The summed E-state index contributed by atoms with van der Waals surface area (Å²) in [5, 5.41) is 20.1. The lowest BCUT2D eigenvalue weighted by molar-refractivity contribution is -0.156. The van der Waals surface area contributed by atoms with Crippen molar-refractivity contribution in [3.05, 3.63) is 29.3 Å². The fraction of sp³-hybridized carbons (Fsp3) is 0.385. The van der Waals surface area contributed by atoms with Gasteiger partial charge in [0.2, 0.25) is 5.72 Å². The lowest BCUT2D eigenvalue weighted by atomic mass is 10.1. The molecule has 1 unspecified atom stereocenters. The number of phenols is 1. The number of primary amides is 1. The maximum atomic E-state index is 12.2. The third-order valence-electron chi connectivity index (χ3n) is 3.38. The smallest absolute Gasteiger partial charge is 0.270 e. The van der Waals surface area contributed by atoms with Crippen LogP contribution in [-0.2, 0) is 11.3 Å². The van der Waals surface area contributed by atoms with Crippen molar-refractivity contribution < 1.29 is 19.8 Å². The molecule has 1 aromatic rings. The second-order valence-corrected chi connectivity index (χ2v) is 4.63. The van der Waals surface area contributed by atoms with Gasteiger partial charge in [0, 0.05) is 17.5 Å². The highest BCUT2D eigenvalue weighted by Gasteiger charge is 2.46. The molecule has 0 aliphatic carbocycles. The molecule has 0 spiro atoms. The van der Waals surface area contributed by atoms with Gasteiger partial charge in [0.25, 0.3) is 11.8 Å². The Bertz CT molecular complexity index is 543. The minimum atomic E-state index is -2.02. The number of carbonyl (C=O) groups is 2. The van der Waals surface area contributed by atoms with Crippen LogP contribution >= 0.6 is 0 Å². The fourth-order valence-electron chi connectivity index (χ4n) is 2.36. The molecule has 2 amide bonds. The van der Waals surface area contributed by atoms with Crippen LogP contribution in [0.25, 0.3) is 0 Å². The first-order chi connectivity index (χ1) is 8.91. The molecular weight excluding hydrogens is 248 g/mol. The van der Waals surface area contributed by atoms with E-state index >= 15 is 0 Å². The summed E-state index contributed by atoms with van der Waals surface area (Å²) in [4.78, 5) is 24.7. The third kappa shape index (κ3) is 1.94. The van der Waals surface area contributed by atoms with Gasteiger partial charge in [-0.15, -0.1) is 0 Å². The first-order valence-electron chi connectivity index (χ1n) is 6.07. The first kappa shape index (κ1) is 13.4. The number of amides is 2. The zero-order valence-corrected chi connectivity index (χ0v) is 10.6. The summed E-state index contributed by atoms with van der Waals surface area (Å²) in [5.41, 5.74) is 3.90. The van der Waals surface area contributed by atoms with Crippen LogP contribution in [0.5, 0.6) is 5.75 Å². The number of hydrogen-bond donors (Lipinski definition) is 3. The summed E-state index contributed by atoms with van der Waals surface area (Å²) in [6, 6.07) is 4.54. The molecule has 102 valence electrons. The predicted octanol–water partition coefficient (Wildman–Crippen LogP) is 0.322. The largest absolute Gasteiger partial charge is 0.508 e. The zero-order chi connectivity index (χ0) is 14.2. The monoisotopic (exact) mass is 264 g/mol. The number of phenolic OH excluding ortho intramolecular Hbond substituents is 1. The van der Waals surface area contributed by atoms with Gasteiger partial charge in [-0.25, -0.2) is 0 Å². The zero-order valence-electron chi connectivity index (χ0n) is 10.6. The van der Waals surface area contributed by atoms with Gasteiger partial charge in [-0.3, -0.25) is 14.5 Å². The van der Waals surface area contributed by atoms with E-state index in [1.54, 1.807) is 19.1 Å². The van der Waals surface area contributed by atoms with E-state index in [0.29, 0.717) is 12.0 Å². The quantitative estimate of drug-likeness (QED) is 0.728. The molecule has 0 aromatic heterocycles. The number of benzene rings is 1. The maximum absolute atomic E-state index is 12.2. The van der Waals surface area contributed by atoms with Gasteiger partial charge in [0.15, 0.2) is 0 Å². The van der Waals surface area contributed by atoms with E-state index in [1.165, 1.54) is 6.07 Å². The molecule has 0 saturated carbocycles. The van der Waals surface area contributed by atoms with Gasteiger partial charge in [-0.2, -0.15) is 0 Å². The summed E-state index contributed by atoms with van der Waals surface area (Å²) < 4.78 is 0. The number of nitrogens with zero attached hydrogens (tertiary/aromatic N) is 1. The van der Waals surface area contributed by atoms with Crippen LogP contribution in [0.4, 0.5) is 0 Å². The second kappa shape index (κ2) is 4.55. The Morgan fingerprint density at radius 3 is 2.74 bits per heavy atom. The number of nitrogens with two attached hydrogens (primary N) is 1. The molecule has 4 N–H and O–H groups in total. The van der Waals surface area contributed by atoms with E-state index in [2.05, 4.69) is 0 Å². The Kier molecular flexibility index (Phi) is 3.20. The molecule has 1 atom stereocenters. The van der Waals surface area contributed by atoms with E-state index in [1.807, 2.05) is 0 Å². The van der Waals surface area contributed by atoms with Crippen LogP contribution in [0.15, 0.2) is 18.2 Å². The van der Waals surface area contributed by atoms with Crippen molar-refractivity contribution in [2.45, 2.75) is 32.0 Å². The number of carbonyl (C=O) groups excluding carboxylic acids is 2. The number of rotatable bonds is 4. The van der Waals surface area contributed by atoms with Crippen LogP contribution in [0, 0.1) is 0 Å². The topological polar surface area (TPSA) is 104 Å². The second-order valence-electron chi connectivity index (χ2n) is 4.63. The van der Waals surface area contributed by atoms with Crippen molar-refractivity contribution in [1.29, 1.82) is 0 Å². The van der Waals surface area contributed by atoms with Crippen LogP contribution in [-0.4, -0.2) is 32.7 Å². The molecule has 6 nitrogen and oxygen atoms in total. The molecule has 1 aliphatic rings. The van der Waals surface area contributed by atoms with Crippen LogP contribution in [0.3, 0.4) is 0 Å². The SMILES string of the molecule is CCCC(O)(C(N)=O)N1Cc2c(O)cccc2C1=O. The minimum absolute atomic E-state index is 0.0275. The molecule has 0 bridgehead atoms. The molecule has 2 rings (SSSR count). The van der Waals surface area contributed by atoms with E-state index in [4.69, 9.17) is 5.73 Å². The van der Waals surface area contributed by atoms with Gasteiger partial charge in [-0.05, 0) is 12.1 Å². The molecule has 0 radical (unpaired) electrons. The van der Waals surface area contributed by atoms with E-state index in [-0.39, 0.29) is 24.3 Å². The molecule has 0 fully saturated rings. The van der Waals surface area contributed by atoms with Gasteiger partial charge >= 0.3 is 0 Å². The summed E-state index contributed by atoms with van der Waals surface area (Å²) in [6.07, 6.45) is 0.550. The summed E-state index contributed by atoms with van der Waals surface area (Å²) >= 11 is 0. The third-order valence-corrected chi connectivity index (χ3v) is 3.38. The van der Waals surface area contributed by atoms with E-state index < -0.39 is 17.5 Å². The average Bonchev–Trinajstić information content (AvgIpc) is 2.69. The van der Waals surface area contributed by atoms with E-state index in [9.17, 15) is 19.8 Å². The fourth-order valence-corrected chi connectivity index (χ4v) is 2.36. The van der Waals surface area contributed by atoms with Crippen molar-refractivity contribution in [1.82, 2.24) is 4.90 Å². The highest BCUT2D eigenvalue weighted by Crippen LogP contribution is 2.34. The molecule has 1 aliphatic heterocycles. The van der Waals surface area contributed by atoms with Crippen LogP contribution in [0.2, 0.25) is 0 Å². The van der Waals surface area contributed by atoms with Gasteiger partial charge in [0.05, 0.1) is 6.54 Å². The van der Waals surface area contributed by atoms with E-state index in [0.717, 1.165) is 4.90 Å². The molecule has 1 heterocycles. The maximum Gasteiger partial charge on any atom is 0.270 e. The van der Waals surface area contributed by atoms with Crippen LogP contribution < -0.4 is 5.73 Å². The van der Waals surface area contributed by atoms with Gasteiger partial charge in [0.1, 0.15) is 5.75 Å². The predicted molar refractivity (Wildman–Crippen MR) is 67.0 cm³/mol. The normalized spacial score (nSPS) is 17.2. The molecule has 19 heavy (non-hydrogen) atoms. The van der Waals surface area contributed by atoms with Gasteiger partial charge in [-0.1, -0.05) is 19.4 Å². The minimum Gasteiger partial charge on any atom is -0.508 e. The molecule has 6 heteroatoms. The standard InChI is InChI=1S/C13H16N2O4/c1-2-6-13(19,12(14)18)15-7-9-8(11(15)17)4-3-5-10(9)16/h3-5,16,19H,2,6-7H2,1H3,(H2,14,18). The number of hydrogen-bond acceptors (Lipinski definition) is 4. The molecular formula is C13H16N2O4. The van der Waals surface area contributed by atoms with Gasteiger partial charge < -0.3 is 15.9 Å². The lowest BCUT2D eigenvalue weighted by Crippen LogP contribution is -2.57. The summed E-state index contributed by atoms with van der Waals surface area (Å²) in [6.45, 7) is 1.75. The Morgan fingerprint density at radius 1 is 1.53 bits per heavy atom. The molecule has 0 saturated heterocycles. The van der Waals surface area contributed by atoms with Crippen molar-refractivity contribution >= 4 is 11.8 Å².